The Morgan fingerprint density at radius 2 is 2.20 bits per heavy atom. The second-order valence-corrected chi connectivity index (χ2v) is 6.48. The lowest BCUT2D eigenvalue weighted by atomic mass is 9.88. The van der Waals surface area contributed by atoms with Gasteiger partial charge in [-0.05, 0) is 44.7 Å². The summed E-state index contributed by atoms with van der Waals surface area (Å²) in [7, 11) is 0. The molecule has 0 aliphatic carbocycles. The fourth-order valence-electron chi connectivity index (χ4n) is 4.06. The minimum Gasteiger partial charge on any atom is -0.388 e. The predicted octanol–water partition coefficient (Wildman–Crippen LogP) is 2.39. The lowest BCUT2D eigenvalue weighted by Gasteiger charge is -2.29. The van der Waals surface area contributed by atoms with Crippen molar-refractivity contribution < 1.29 is 5.11 Å². The van der Waals surface area contributed by atoms with Crippen molar-refractivity contribution >= 4 is 0 Å². The van der Waals surface area contributed by atoms with Gasteiger partial charge in [0, 0.05) is 25.2 Å². The molecule has 3 rings (SSSR count). The monoisotopic (exact) mass is 277 g/mol. The lowest BCUT2D eigenvalue weighted by molar-refractivity contribution is 0.0131. The van der Waals surface area contributed by atoms with Crippen molar-refractivity contribution in [2.45, 2.75) is 70.1 Å². The van der Waals surface area contributed by atoms with Crippen LogP contribution in [0.1, 0.15) is 57.7 Å². The van der Waals surface area contributed by atoms with E-state index in [0.717, 1.165) is 44.5 Å². The summed E-state index contributed by atoms with van der Waals surface area (Å²) in [6, 6.07) is 2.94. The third-order valence-electron chi connectivity index (χ3n) is 5.28. The molecule has 2 saturated heterocycles. The second-order valence-electron chi connectivity index (χ2n) is 6.48. The number of aromatic nitrogens is 2. The van der Waals surface area contributed by atoms with Gasteiger partial charge in [0.15, 0.2) is 0 Å². The van der Waals surface area contributed by atoms with Crippen LogP contribution in [0.25, 0.3) is 0 Å². The van der Waals surface area contributed by atoms with E-state index in [2.05, 4.69) is 35.7 Å². The molecule has 1 N–H and O–H groups in total. The van der Waals surface area contributed by atoms with Gasteiger partial charge in [-0.3, -0.25) is 9.58 Å². The lowest BCUT2D eigenvalue weighted by Crippen LogP contribution is -2.43. The molecule has 2 unspecified atom stereocenters. The molecule has 2 aliphatic heterocycles. The molecular formula is C16H27N3O. The second kappa shape index (κ2) is 5.49. The first kappa shape index (κ1) is 14.1. The molecule has 4 heteroatoms. The van der Waals surface area contributed by atoms with E-state index in [0.29, 0.717) is 18.5 Å². The third kappa shape index (κ3) is 2.40. The largest absolute Gasteiger partial charge is 0.388 e. The Morgan fingerprint density at radius 3 is 2.95 bits per heavy atom. The van der Waals surface area contributed by atoms with Crippen molar-refractivity contribution in [2.24, 2.45) is 0 Å². The zero-order valence-electron chi connectivity index (χ0n) is 12.8. The highest BCUT2D eigenvalue weighted by atomic mass is 16.3. The van der Waals surface area contributed by atoms with Crippen molar-refractivity contribution in [3.8, 4) is 0 Å². The molecule has 2 fully saturated rings. The summed E-state index contributed by atoms with van der Waals surface area (Å²) in [4.78, 5) is 2.46. The van der Waals surface area contributed by atoms with Crippen LogP contribution in [0.4, 0.5) is 0 Å². The molecule has 2 atom stereocenters. The van der Waals surface area contributed by atoms with Crippen molar-refractivity contribution in [2.75, 3.05) is 13.1 Å². The van der Waals surface area contributed by atoms with Crippen molar-refractivity contribution in [3.05, 3.63) is 18.0 Å². The van der Waals surface area contributed by atoms with Crippen LogP contribution < -0.4 is 0 Å². The van der Waals surface area contributed by atoms with Crippen LogP contribution in [0.5, 0.6) is 0 Å². The average molecular weight is 277 g/mol. The smallest absolute Gasteiger partial charge is 0.0870 e. The molecule has 0 spiro atoms. The Bertz CT molecular complexity index is 454. The van der Waals surface area contributed by atoms with Crippen molar-refractivity contribution in [3.63, 3.8) is 0 Å². The Labute approximate surface area is 121 Å². The molecule has 0 radical (unpaired) electrons. The number of rotatable bonds is 5. The highest BCUT2D eigenvalue weighted by Crippen LogP contribution is 2.37. The molecule has 3 heterocycles. The van der Waals surface area contributed by atoms with Gasteiger partial charge in [-0.1, -0.05) is 13.8 Å². The van der Waals surface area contributed by atoms with Crippen LogP contribution in [0.2, 0.25) is 0 Å². The van der Waals surface area contributed by atoms with Crippen molar-refractivity contribution in [1.29, 1.82) is 0 Å². The molecule has 0 saturated carbocycles. The third-order valence-corrected chi connectivity index (χ3v) is 5.28. The summed E-state index contributed by atoms with van der Waals surface area (Å²) in [5, 5.41) is 15.7. The van der Waals surface area contributed by atoms with Crippen LogP contribution in [0.15, 0.2) is 12.3 Å². The van der Waals surface area contributed by atoms with Crippen LogP contribution in [-0.2, 0) is 6.42 Å². The van der Waals surface area contributed by atoms with Gasteiger partial charge >= 0.3 is 0 Å². The van der Waals surface area contributed by atoms with E-state index in [1.165, 1.54) is 6.42 Å². The summed E-state index contributed by atoms with van der Waals surface area (Å²) in [6.45, 7) is 6.62. The molecule has 1 aromatic heterocycles. The average Bonchev–Trinajstić information content (AvgIpc) is 3.12. The zero-order chi connectivity index (χ0) is 14.2. The van der Waals surface area contributed by atoms with E-state index in [1.54, 1.807) is 0 Å². The summed E-state index contributed by atoms with van der Waals surface area (Å²) in [5.41, 5.74) is 0.497. The van der Waals surface area contributed by atoms with Gasteiger partial charge in [-0.15, -0.1) is 0 Å². The first-order valence-electron chi connectivity index (χ1n) is 8.16. The normalized spacial score (nSPS) is 30.3. The Balaban J connectivity index is 1.71. The molecule has 0 bridgehead atoms. The van der Waals surface area contributed by atoms with Gasteiger partial charge in [0.2, 0.25) is 0 Å². The van der Waals surface area contributed by atoms with Gasteiger partial charge < -0.3 is 5.11 Å². The van der Waals surface area contributed by atoms with Crippen molar-refractivity contribution in [1.82, 2.24) is 14.7 Å². The fraction of sp³-hybridized carbons (Fsp3) is 0.812. The fourth-order valence-corrected chi connectivity index (χ4v) is 4.06. The van der Waals surface area contributed by atoms with E-state index in [1.807, 2.05) is 0 Å². The van der Waals surface area contributed by atoms with Gasteiger partial charge in [0.05, 0.1) is 17.3 Å². The van der Waals surface area contributed by atoms with Gasteiger partial charge in [0.25, 0.3) is 0 Å². The number of hydrogen-bond acceptors (Lipinski definition) is 3. The molecule has 0 aromatic carbocycles. The van der Waals surface area contributed by atoms with Crippen LogP contribution in [-0.4, -0.2) is 44.5 Å². The van der Waals surface area contributed by atoms with Gasteiger partial charge in [0.1, 0.15) is 0 Å². The number of aliphatic hydroxyl groups is 1. The first-order chi connectivity index (χ1) is 9.66. The minimum atomic E-state index is -0.552. The first-order valence-corrected chi connectivity index (χ1v) is 8.16. The maximum absolute atomic E-state index is 11.0. The van der Waals surface area contributed by atoms with Crippen LogP contribution in [0.3, 0.4) is 0 Å². The standard InChI is InChI=1S/C16H27N3O/c1-3-14(4-2)19-10-7-13(17-19)12-16(20)8-11-18-9-5-6-15(16)18/h7,10,14-15,20H,3-6,8-9,11-12H2,1-2H3. The Morgan fingerprint density at radius 1 is 1.40 bits per heavy atom. The van der Waals surface area contributed by atoms with Gasteiger partial charge in [-0.25, -0.2) is 0 Å². The summed E-state index contributed by atoms with van der Waals surface area (Å²) in [5.74, 6) is 0. The summed E-state index contributed by atoms with van der Waals surface area (Å²) in [6.07, 6.45) is 8.28. The molecule has 112 valence electrons. The van der Waals surface area contributed by atoms with Crippen LogP contribution in [0, 0.1) is 0 Å². The minimum absolute atomic E-state index is 0.362. The number of fused-ring (bicyclic) bond motifs is 1. The van der Waals surface area contributed by atoms with E-state index in [4.69, 9.17) is 5.10 Å². The highest BCUT2D eigenvalue weighted by molar-refractivity contribution is 5.11. The molecule has 1 aromatic rings. The quantitative estimate of drug-likeness (QED) is 0.898. The topological polar surface area (TPSA) is 41.3 Å². The maximum atomic E-state index is 11.0. The SMILES string of the molecule is CCC(CC)n1ccc(CC2(O)CCN3CCCC32)n1. The number of hydrogen-bond donors (Lipinski definition) is 1. The van der Waals surface area contributed by atoms with Crippen LogP contribution >= 0.6 is 0 Å². The molecular weight excluding hydrogens is 250 g/mol. The maximum Gasteiger partial charge on any atom is 0.0870 e. The summed E-state index contributed by atoms with van der Waals surface area (Å²) >= 11 is 0. The number of nitrogens with zero attached hydrogens (tertiary/aromatic N) is 3. The van der Waals surface area contributed by atoms with E-state index < -0.39 is 5.60 Å². The zero-order valence-corrected chi connectivity index (χ0v) is 12.8. The van der Waals surface area contributed by atoms with E-state index in [9.17, 15) is 5.11 Å². The van der Waals surface area contributed by atoms with Gasteiger partial charge in [-0.2, -0.15) is 5.10 Å². The van der Waals surface area contributed by atoms with E-state index >= 15 is 0 Å². The predicted molar refractivity (Wildman–Crippen MR) is 79.7 cm³/mol. The van der Waals surface area contributed by atoms with E-state index in [-0.39, 0.29) is 0 Å². The molecule has 20 heavy (non-hydrogen) atoms. The molecule has 4 nitrogen and oxygen atoms in total. The highest BCUT2D eigenvalue weighted by Gasteiger charge is 2.48. The Kier molecular flexibility index (Phi) is 3.87. The molecule has 0 amide bonds. The Hall–Kier alpha value is -0.870. The molecule has 2 aliphatic rings. The summed E-state index contributed by atoms with van der Waals surface area (Å²) < 4.78 is 2.08.